The second kappa shape index (κ2) is 8.14. The fourth-order valence-electron chi connectivity index (χ4n) is 4.60. The highest BCUT2D eigenvalue weighted by Crippen LogP contribution is 2.52. The van der Waals surface area contributed by atoms with Crippen molar-refractivity contribution in [3.63, 3.8) is 0 Å². The zero-order valence-corrected chi connectivity index (χ0v) is 19.2. The highest BCUT2D eigenvalue weighted by molar-refractivity contribution is 7.91. The Morgan fingerprint density at radius 1 is 1.34 bits per heavy atom. The number of nitrogens with zero attached hydrogens (tertiary/aromatic N) is 2. The van der Waals surface area contributed by atoms with Crippen LogP contribution >= 0.6 is 11.6 Å². The third-order valence-electron chi connectivity index (χ3n) is 6.35. The van der Waals surface area contributed by atoms with Crippen LogP contribution in [0.3, 0.4) is 0 Å². The van der Waals surface area contributed by atoms with E-state index in [1.807, 2.05) is 6.07 Å². The predicted octanol–water partition coefficient (Wildman–Crippen LogP) is 1.25. The van der Waals surface area contributed by atoms with Gasteiger partial charge in [0, 0.05) is 23.9 Å². The number of aliphatic carboxylic acids is 1. The van der Waals surface area contributed by atoms with Crippen molar-refractivity contribution in [1.82, 2.24) is 4.90 Å². The molecule has 1 amide bonds. The molecule has 1 aliphatic carbocycles. The van der Waals surface area contributed by atoms with Crippen LogP contribution in [0.1, 0.15) is 26.7 Å². The Balaban J connectivity index is 1.81. The van der Waals surface area contributed by atoms with Gasteiger partial charge in [0.1, 0.15) is 11.8 Å². The van der Waals surface area contributed by atoms with E-state index in [9.17, 15) is 33.2 Å². The number of sulfone groups is 1. The first-order chi connectivity index (χ1) is 14.8. The molecule has 1 aromatic rings. The van der Waals surface area contributed by atoms with Gasteiger partial charge in [0.25, 0.3) is 0 Å². The topological polar surface area (TPSA) is 159 Å². The Morgan fingerprint density at radius 2 is 1.97 bits per heavy atom. The maximum Gasteiger partial charge on any atom is 0.320 e. The van der Waals surface area contributed by atoms with E-state index in [1.165, 1.54) is 36.9 Å². The molecule has 9 nitrogen and oxygen atoms in total. The second-order valence-corrected chi connectivity index (χ2v) is 11.5. The van der Waals surface area contributed by atoms with Gasteiger partial charge in [0.2, 0.25) is 5.91 Å². The molecule has 172 valence electrons. The zero-order chi connectivity index (χ0) is 24.1. The van der Waals surface area contributed by atoms with Gasteiger partial charge in [-0.3, -0.25) is 19.3 Å². The number of nitrogens with two attached hydrogens (primary N) is 1. The van der Waals surface area contributed by atoms with Crippen LogP contribution in [-0.4, -0.2) is 60.5 Å². The first-order valence-electron chi connectivity index (χ1n) is 9.98. The summed E-state index contributed by atoms with van der Waals surface area (Å²) in [5.74, 6) is -3.66. The number of nitriles is 1. The third kappa shape index (κ3) is 4.12. The minimum absolute atomic E-state index is 0.00669. The van der Waals surface area contributed by atoms with Gasteiger partial charge in [-0.2, -0.15) is 5.26 Å². The van der Waals surface area contributed by atoms with E-state index in [2.05, 4.69) is 0 Å². The lowest BCUT2D eigenvalue weighted by molar-refractivity contribution is -0.142. The lowest BCUT2D eigenvalue weighted by Gasteiger charge is -2.26. The number of ketones is 1. The summed E-state index contributed by atoms with van der Waals surface area (Å²) in [7, 11) is -3.89. The van der Waals surface area contributed by atoms with Gasteiger partial charge in [-0.1, -0.05) is 37.6 Å². The first-order valence-corrected chi connectivity index (χ1v) is 12.0. The summed E-state index contributed by atoms with van der Waals surface area (Å²) in [6, 6.07) is 6.09. The number of halogens is 1. The number of benzene rings is 1. The first kappa shape index (κ1) is 24.2. The Kier molecular flexibility index (Phi) is 6.15. The average molecular weight is 482 g/mol. The molecule has 0 spiro atoms. The van der Waals surface area contributed by atoms with E-state index >= 15 is 0 Å². The van der Waals surface area contributed by atoms with Crippen LogP contribution < -0.4 is 5.73 Å². The predicted molar refractivity (Wildman–Crippen MR) is 114 cm³/mol. The van der Waals surface area contributed by atoms with E-state index in [-0.39, 0.29) is 29.3 Å². The lowest BCUT2D eigenvalue weighted by atomic mass is 9.82. The van der Waals surface area contributed by atoms with E-state index in [4.69, 9.17) is 17.3 Å². The quantitative estimate of drug-likeness (QED) is 0.561. The smallest absolute Gasteiger partial charge is 0.320 e. The third-order valence-corrected chi connectivity index (χ3v) is 8.92. The molecular weight excluding hydrogens is 458 g/mol. The summed E-state index contributed by atoms with van der Waals surface area (Å²) in [5.41, 5.74) is 2.56. The summed E-state index contributed by atoms with van der Waals surface area (Å²) in [5, 5.41) is 19.1. The van der Waals surface area contributed by atoms with Gasteiger partial charge < -0.3 is 10.8 Å². The Hall–Kier alpha value is -2.48. The second-order valence-electron chi connectivity index (χ2n) is 9.09. The maximum atomic E-state index is 13.3. The number of hydrogen-bond acceptors (Lipinski definition) is 7. The number of hydrogen-bond donors (Lipinski definition) is 2. The van der Waals surface area contributed by atoms with Gasteiger partial charge in [0.05, 0.1) is 21.7 Å². The number of carbonyl (C=O) groups is 3. The van der Waals surface area contributed by atoms with Crippen LogP contribution in [0.15, 0.2) is 29.2 Å². The molecule has 3 rings (SSSR count). The minimum atomic E-state index is -3.89. The van der Waals surface area contributed by atoms with Crippen molar-refractivity contribution >= 4 is 39.1 Å². The highest BCUT2D eigenvalue weighted by Gasteiger charge is 2.65. The Morgan fingerprint density at radius 3 is 2.47 bits per heavy atom. The van der Waals surface area contributed by atoms with Crippen LogP contribution in [0.25, 0.3) is 0 Å². The van der Waals surface area contributed by atoms with Crippen molar-refractivity contribution in [2.45, 2.75) is 43.7 Å². The monoisotopic (exact) mass is 481 g/mol. The van der Waals surface area contributed by atoms with Crippen LogP contribution in [-0.2, 0) is 24.2 Å². The molecule has 1 aromatic carbocycles. The molecule has 32 heavy (non-hydrogen) atoms. The molecule has 2 aliphatic rings. The number of carboxylic acid groups (broad SMARTS) is 1. The number of amides is 1. The molecule has 0 bridgehead atoms. The van der Waals surface area contributed by atoms with Crippen molar-refractivity contribution in [3.8, 4) is 6.07 Å². The minimum Gasteiger partial charge on any atom is -0.480 e. The van der Waals surface area contributed by atoms with E-state index in [1.54, 1.807) is 6.07 Å². The fraction of sp³-hybridized carbons (Fsp3) is 0.524. The van der Waals surface area contributed by atoms with Crippen LogP contribution in [0.4, 0.5) is 0 Å². The molecule has 1 saturated carbocycles. The molecule has 1 saturated heterocycles. The summed E-state index contributed by atoms with van der Waals surface area (Å²) in [6.07, 6.45) is 0.0638. The van der Waals surface area contributed by atoms with Crippen molar-refractivity contribution < 1.29 is 27.9 Å². The molecule has 3 N–H and O–H groups in total. The van der Waals surface area contributed by atoms with Crippen molar-refractivity contribution in [2.24, 2.45) is 22.5 Å². The van der Waals surface area contributed by atoms with Crippen LogP contribution in [0.5, 0.6) is 0 Å². The largest absolute Gasteiger partial charge is 0.480 e. The number of primary amides is 1. The number of likely N-dealkylation sites (tertiary alicyclic amines) is 1. The fourth-order valence-corrected chi connectivity index (χ4v) is 6.99. The number of rotatable bonds is 8. The Bertz CT molecular complexity index is 1130. The molecule has 4 atom stereocenters. The van der Waals surface area contributed by atoms with Gasteiger partial charge in [-0.05, 0) is 25.0 Å². The molecule has 1 aliphatic heterocycles. The molecule has 2 unspecified atom stereocenters. The van der Waals surface area contributed by atoms with Gasteiger partial charge in [0.15, 0.2) is 15.3 Å². The number of carbonyl (C=O) groups excluding carboxylic acids is 2. The molecular formula is C21H24ClN3O6S. The summed E-state index contributed by atoms with van der Waals surface area (Å²) < 4.78 is 25.8. The highest BCUT2D eigenvalue weighted by atomic mass is 35.5. The number of Topliss-reactive ketones (excluding diaryl/α,β-unsaturated/α-hetero) is 1. The molecule has 2 fully saturated rings. The van der Waals surface area contributed by atoms with Crippen molar-refractivity contribution in [1.29, 1.82) is 5.26 Å². The lowest BCUT2D eigenvalue weighted by Crippen LogP contribution is -2.42. The van der Waals surface area contributed by atoms with E-state index in [0.29, 0.717) is 0 Å². The molecule has 0 radical (unpaired) electrons. The normalized spacial score (nSPS) is 28.1. The van der Waals surface area contributed by atoms with Crippen LogP contribution in [0.2, 0.25) is 5.02 Å². The average Bonchev–Trinajstić information content (AvgIpc) is 3.29. The zero-order valence-electron chi connectivity index (χ0n) is 17.6. The van der Waals surface area contributed by atoms with Crippen molar-refractivity contribution in [3.05, 3.63) is 29.3 Å². The van der Waals surface area contributed by atoms with E-state index in [0.717, 1.165) is 0 Å². The van der Waals surface area contributed by atoms with Gasteiger partial charge in [-0.25, -0.2) is 8.42 Å². The van der Waals surface area contributed by atoms with E-state index < -0.39 is 62.1 Å². The van der Waals surface area contributed by atoms with Gasteiger partial charge >= 0.3 is 5.97 Å². The summed E-state index contributed by atoms with van der Waals surface area (Å²) >= 11 is 6.03. The standard InChI is InChI=1S/C21H24ClN3O6S/c1-20(2,11-32(30,31)15-6-4-3-5-13(15)22)17(26)12-7-14(18(27)28)25(9-12)16-8-21(16,10-23)19(24)29/h3-6,12,14,16H,7-9,11H2,1-2H3,(H2,24,29)(H,27,28)/t12-,14+,16?,21?/m1/s1. The SMILES string of the molecule is CC(C)(CS(=O)(=O)c1ccccc1Cl)C(=O)[C@@H]1C[C@@H](C(=O)O)N(C2CC2(C#N)C(N)=O)C1. The molecule has 11 heteroatoms. The summed E-state index contributed by atoms with van der Waals surface area (Å²) in [6.45, 7) is 3.01. The van der Waals surface area contributed by atoms with Crippen LogP contribution in [0, 0.1) is 28.1 Å². The summed E-state index contributed by atoms with van der Waals surface area (Å²) in [4.78, 5) is 38.3. The van der Waals surface area contributed by atoms with Crippen molar-refractivity contribution in [2.75, 3.05) is 12.3 Å². The Labute approximate surface area is 191 Å². The van der Waals surface area contributed by atoms with Gasteiger partial charge in [-0.15, -0.1) is 0 Å². The maximum absolute atomic E-state index is 13.3. The molecule has 0 aromatic heterocycles. The molecule has 1 heterocycles. The number of carboxylic acids is 1.